The number of carboxylic acid groups (broad SMARTS) is 1. The molecule has 1 N–H and O–H groups in total. The Morgan fingerprint density at radius 1 is 1.25 bits per heavy atom. The highest BCUT2D eigenvalue weighted by atomic mass is 32.2. The Hall–Kier alpha value is -1.49. The molecule has 0 unspecified atom stereocenters. The van der Waals surface area contributed by atoms with Crippen molar-refractivity contribution in [2.75, 3.05) is 19.8 Å². The summed E-state index contributed by atoms with van der Waals surface area (Å²) in [6.07, 6.45) is 0. The molecule has 0 bridgehead atoms. The average molecular weight is 239 g/mol. The van der Waals surface area contributed by atoms with Crippen LogP contribution in [0.5, 0.6) is 0 Å². The number of nitrogens with zero attached hydrogens (tertiary/aromatic N) is 1. The Morgan fingerprint density at radius 3 is 2.25 bits per heavy atom. The fourth-order valence-electron chi connectivity index (χ4n) is 0.968. The van der Waals surface area contributed by atoms with Gasteiger partial charge in [-0.15, -0.1) is 11.8 Å². The summed E-state index contributed by atoms with van der Waals surface area (Å²) in [6.45, 7) is 0. The molecule has 16 heavy (non-hydrogen) atoms. The van der Waals surface area contributed by atoms with E-state index in [2.05, 4.69) is 0 Å². The Morgan fingerprint density at radius 2 is 1.81 bits per heavy atom. The lowest BCUT2D eigenvalue weighted by atomic mass is 10.2. The summed E-state index contributed by atoms with van der Waals surface area (Å²) in [5, 5.41) is 8.70. The molecule has 0 aromatic heterocycles. The molecular formula is C11H13NO3S. The second-order valence-electron chi connectivity index (χ2n) is 3.41. The standard InChI is InChI=1S/C11H13NO3S/c1-12(2)10(13)7-16-9-5-3-8(4-6-9)11(14)15/h3-6H,7H2,1-2H3,(H,14,15). The van der Waals surface area contributed by atoms with Crippen molar-refractivity contribution in [1.82, 2.24) is 4.90 Å². The minimum Gasteiger partial charge on any atom is -0.478 e. The molecule has 4 nitrogen and oxygen atoms in total. The summed E-state index contributed by atoms with van der Waals surface area (Å²) < 4.78 is 0. The Balaban J connectivity index is 2.56. The van der Waals surface area contributed by atoms with E-state index in [1.165, 1.54) is 28.8 Å². The minimum atomic E-state index is -0.944. The quantitative estimate of drug-likeness (QED) is 0.810. The van der Waals surface area contributed by atoms with Crippen molar-refractivity contribution < 1.29 is 14.7 Å². The zero-order valence-corrected chi connectivity index (χ0v) is 9.95. The predicted molar refractivity (Wildman–Crippen MR) is 62.8 cm³/mol. The lowest BCUT2D eigenvalue weighted by Gasteiger charge is -2.09. The van der Waals surface area contributed by atoms with Crippen LogP contribution in [0.4, 0.5) is 0 Å². The van der Waals surface area contributed by atoms with Crippen molar-refractivity contribution in [2.45, 2.75) is 4.90 Å². The molecule has 0 aliphatic carbocycles. The molecule has 0 saturated heterocycles. The van der Waals surface area contributed by atoms with Crippen LogP contribution in [0.2, 0.25) is 0 Å². The zero-order chi connectivity index (χ0) is 12.1. The maximum Gasteiger partial charge on any atom is 0.335 e. The number of carbonyl (C=O) groups excluding carboxylic acids is 1. The Labute approximate surface area is 98.3 Å². The molecule has 86 valence electrons. The van der Waals surface area contributed by atoms with Crippen LogP contribution in [0.1, 0.15) is 10.4 Å². The number of aromatic carboxylic acids is 1. The van der Waals surface area contributed by atoms with Gasteiger partial charge in [0.1, 0.15) is 0 Å². The monoisotopic (exact) mass is 239 g/mol. The van der Waals surface area contributed by atoms with Gasteiger partial charge in [0.2, 0.25) is 5.91 Å². The first kappa shape index (κ1) is 12.6. The van der Waals surface area contributed by atoms with Gasteiger partial charge >= 0.3 is 5.97 Å². The first-order valence-electron chi connectivity index (χ1n) is 4.67. The first-order valence-corrected chi connectivity index (χ1v) is 5.65. The van der Waals surface area contributed by atoms with Crippen molar-refractivity contribution in [1.29, 1.82) is 0 Å². The SMILES string of the molecule is CN(C)C(=O)CSc1ccc(C(=O)O)cc1. The second-order valence-corrected chi connectivity index (χ2v) is 4.46. The number of amides is 1. The van der Waals surface area contributed by atoms with Crippen molar-refractivity contribution in [3.63, 3.8) is 0 Å². The molecule has 0 fully saturated rings. The van der Waals surface area contributed by atoms with Crippen LogP contribution >= 0.6 is 11.8 Å². The fourth-order valence-corrected chi connectivity index (χ4v) is 1.84. The first-order chi connectivity index (χ1) is 7.50. The number of hydrogen-bond donors (Lipinski definition) is 1. The van der Waals surface area contributed by atoms with Crippen molar-refractivity contribution in [3.8, 4) is 0 Å². The molecular weight excluding hydrogens is 226 g/mol. The summed E-state index contributed by atoms with van der Waals surface area (Å²) in [7, 11) is 3.41. The molecule has 1 aromatic rings. The van der Waals surface area contributed by atoms with Crippen LogP contribution < -0.4 is 0 Å². The van der Waals surface area contributed by atoms with E-state index >= 15 is 0 Å². The van der Waals surface area contributed by atoms with Crippen molar-refractivity contribution >= 4 is 23.6 Å². The fraction of sp³-hybridized carbons (Fsp3) is 0.273. The van der Waals surface area contributed by atoms with E-state index in [-0.39, 0.29) is 11.5 Å². The smallest absolute Gasteiger partial charge is 0.335 e. The number of benzene rings is 1. The van der Waals surface area contributed by atoms with Gasteiger partial charge in [0.15, 0.2) is 0 Å². The third kappa shape index (κ3) is 3.58. The summed E-state index contributed by atoms with van der Waals surface area (Å²) in [5.41, 5.74) is 0.253. The third-order valence-corrected chi connectivity index (χ3v) is 2.96. The molecule has 1 aromatic carbocycles. The molecule has 1 rings (SSSR count). The number of hydrogen-bond acceptors (Lipinski definition) is 3. The molecule has 0 aliphatic heterocycles. The number of carboxylic acids is 1. The van der Waals surface area contributed by atoms with Crippen LogP contribution in [0.3, 0.4) is 0 Å². The van der Waals surface area contributed by atoms with Gasteiger partial charge in [0, 0.05) is 19.0 Å². The lowest BCUT2D eigenvalue weighted by Crippen LogP contribution is -2.23. The largest absolute Gasteiger partial charge is 0.478 e. The van der Waals surface area contributed by atoms with Gasteiger partial charge in [-0.05, 0) is 24.3 Å². The molecule has 5 heteroatoms. The van der Waals surface area contributed by atoms with E-state index in [4.69, 9.17) is 5.11 Å². The van der Waals surface area contributed by atoms with Crippen molar-refractivity contribution in [3.05, 3.63) is 29.8 Å². The van der Waals surface area contributed by atoms with E-state index in [1.807, 2.05) is 0 Å². The summed E-state index contributed by atoms with van der Waals surface area (Å²) in [5.74, 6) is -0.549. The van der Waals surface area contributed by atoms with E-state index in [9.17, 15) is 9.59 Å². The zero-order valence-electron chi connectivity index (χ0n) is 9.14. The summed E-state index contributed by atoms with van der Waals surface area (Å²) in [4.78, 5) is 24.3. The van der Waals surface area contributed by atoms with Crippen LogP contribution in [0.15, 0.2) is 29.2 Å². The van der Waals surface area contributed by atoms with E-state index in [1.54, 1.807) is 26.2 Å². The molecule has 0 saturated carbocycles. The predicted octanol–water partition coefficient (Wildman–Crippen LogP) is 1.57. The maximum absolute atomic E-state index is 11.3. The van der Waals surface area contributed by atoms with Crippen LogP contribution in [0.25, 0.3) is 0 Å². The highest BCUT2D eigenvalue weighted by Gasteiger charge is 2.06. The van der Waals surface area contributed by atoms with Gasteiger partial charge in [-0.1, -0.05) is 0 Å². The Kier molecular flexibility index (Phi) is 4.37. The van der Waals surface area contributed by atoms with Crippen LogP contribution in [0, 0.1) is 0 Å². The van der Waals surface area contributed by atoms with Gasteiger partial charge < -0.3 is 10.0 Å². The van der Waals surface area contributed by atoms with Gasteiger partial charge in [-0.3, -0.25) is 4.79 Å². The molecule has 0 atom stereocenters. The summed E-state index contributed by atoms with van der Waals surface area (Å²) >= 11 is 1.39. The van der Waals surface area contributed by atoms with Crippen LogP contribution in [-0.2, 0) is 4.79 Å². The topological polar surface area (TPSA) is 57.6 Å². The van der Waals surface area contributed by atoms with Gasteiger partial charge in [-0.25, -0.2) is 4.79 Å². The minimum absolute atomic E-state index is 0.0345. The molecule has 0 aliphatic rings. The van der Waals surface area contributed by atoms with E-state index < -0.39 is 5.97 Å². The van der Waals surface area contributed by atoms with Crippen LogP contribution in [-0.4, -0.2) is 41.7 Å². The molecule has 0 spiro atoms. The average Bonchev–Trinajstić information content (AvgIpc) is 2.26. The normalized spacial score (nSPS) is 9.88. The van der Waals surface area contributed by atoms with Gasteiger partial charge in [-0.2, -0.15) is 0 Å². The molecule has 0 heterocycles. The molecule has 1 amide bonds. The highest BCUT2D eigenvalue weighted by Crippen LogP contribution is 2.18. The van der Waals surface area contributed by atoms with Crippen molar-refractivity contribution in [2.24, 2.45) is 0 Å². The maximum atomic E-state index is 11.3. The van der Waals surface area contributed by atoms with E-state index in [0.29, 0.717) is 5.75 Å². The third-order valence-electron chi connectivity index (χ3n) is 1.96. The number of rotatable bonds is 4. The summed E-state index contributed by atoms with van der Waals surface area (Å²) in [6, 6.07) is 6.48. The van der Waals surface area contributed by atoms with E-state index in [0.717, 1.165) is 4.90 Å². The number of carbonyl (C=O) groups is 2. The second kappa shape index (κ2) is 5.55. The van der Waals surface area contributed by atoms with Gasteiger partial charge in [0.25, 0.3) is 0 Å². The lowest BCUT2D eigenvalue weighted by molar-refractivity contribution is -0.125. The highest BCUT2D eigenvalue weighted by molar-refractivity contribution is 8.00. The number of thioether (sulfide) groups is 1. The van der Waals surface area contributed by atoms with Gasteiger partial charge in [0.05, 0.1) is 11.3 Å². The Bertz CT molecular complexity index is 387. The molecule has 0 radical (unpaired) electrons.